The molecule has 4 aromatic carbocycles. The van der Waals surface area contributed by atoms with Crippen molar-refractivity contribution >= 4 is 28.8 Å². The van der Waals surface area contributed by atoms with E-state index in [2.05, 4.69) is 100 Å². The molecule has 0 saturated heterocycles. The zero-order chi connectivity index (χ0) is 19.9. The maximum absolute atomic E-state index is 2.49. The topological polar surface area (TPSA) is 0 Å². The molecule has 0 atom stereocenters. The summed E-state index contributed by atoms with van der Waals surface area (Å²) in [6.07, 6.45) is 0. The molecule has 0 saturated carbocycles. The first kappa shape index (κ1) is 17.0. The Bertz CT molecular complexity index is 1130. The average molecular weight is 389 g/mol. The van der Waals surface area contributed by atoms with Gasteiger partial charge in [0.2, 0.25) is 0 Å². The first-order chi connectivity index (χ1) is 14.0. The van der Waals surface area contributed by atoms with Crippen LogP contribution in [0.2, 0.25) is 0 Å². The zero-order valence-electron chi connectivity index (χ0n) is 17.4. The van der Waals surface area contributed by atoms with Gasteiger partial charge in [-0.05, 0) is 70.7 Å². The van der Waals surface area contributed by atoms with E-state index in [0.717, 1.165) is 0 Å². The second-order valence-electron chi connectivity index (χ2n) is 8.95. The molecule has 0 aromatic heterocycles. The first-order valence-electron chi connectivity index (χ1n) is 10.5. The lowest BCUT2D eigenvalue weighted by Crippen LogP contribution is -2.71. The molecule has 0 N–H and O–H groups in total. The summed E-state index contributed by atoms with van der Waals surface area (Å²) in [5.74, 6) is 0. The minimum Gasteiger partial charge on any atom is -0.0587 e. The predicted octanol–water partition coefficient (Wildman–Crippen LogP) is 4.26. The summed E-state index contributed by atoms with van der Waals surface area (Å²) in [5.41, 5.74) is 11.2. The van der Waals surface area contributed by atoms with E-state index in [-0.39, 0.29) is 0 Å². The van der Waals surface area contributed by atoms with Crippen molar-refractivity contribution in [2.45, 2.75) is 27.7 Å². The Morgan fingerprint density at radius 2 is 0.621 bits per heavy atom. The van der Waals surface area contributed by atoms with Gasteiger partial charge in [0.1, 0.15) is 0 Å². The Morgan fingerprint density at radius 3 is 0.862 bits per heavy atom. The number of hydrogen-bond acceptors (Lipinski definition) is 0. The van der Waals surface area contributed by atoms with E-state index in [9.17, 15) is 0 Å². The minimum atomic E-state index is -2.28. The molecule has 6 rings (SSSR count). The molecule has 29 heavy (non-hydrogen) atoms. The third-order valence-corrected chi connectivity index (χ3v) is 11.8. The normalized spacial score (nSPS) is 14.5. The highest BCUT2D eigenvalue weighted by Gasteiger charge is 2.54. The standard InChI is InChI=1S/C28H24Si/c1-17-5-9-21-22-10-6-18(2)14-26(22)29(25(21)13-17)27-15-19(3)7-11-23(27)24-12-8-20(4)16-28(24)29/h5-16H,1-4H3. The van der Waals surface area contributed by atoms with Gasteiger partial charge in [-0.25, -0.2) is 0 Å². The Balaban J connectivity index is 1.88. The van der Waals surface area contributed by atoms with E-state index in [0.29, 0.717) is 0 Å². The minimum absolute atomic E-state index is 1.36. The third kappa shape index (κ3) is 2.04. The molecular weight excluding hydrogens is 364 g/mol. The second kappa shape index (κ2) is 5.58. The fourth-order valence-corrected chi connectivity index (χ4v) is 11.7. The molecule has 0 radical (unpaired) electrons. The van der Waals surface area contributed by atoms with Gasteiger partial charge in [0, 0.05) is 0 Å². The van der Waals surface area contributed by atoms with Gasteiger partial charge in [0.25, 0.3) is 0 Å². The molecule has 2 heterocycles. The Morgan fingerprint density at radius 1 is 0.379 bits per heavy atom. The largest absolute Gasteiger partial charge is 0.182 e. The number of aryl methyl sites for hydroxylation is 4. The number of rotatable bonds is 0. The molecular formula is C28H24Si. The van der Waals surface area contributed by atoms with Crippen molar-refractivity contribution in [2.75, 3.05) is 0 Å². The van der Waals surface area contributed by atoms with Crippen LogP contribution in [0, 0.1) is 27.7 Å². The van der Waals surface area contributed by atoms with Crippen LogP contribution in [-0.2, 0) is 0 Å². The fourth-order valence-electron chi connectivity index (χ4n) is 5.68. The molecule has 2 aliphatic rings. The predicted molar refractivity (Wildman–Crippen MR) is 127 cm³/mol. The van der Waals surface area contributed by atoms with Crippen LogP contribution in [0.1, 0.15) is 22.3 Å². The molecule has 0 amide bonds. The van der Waals surface area contributed by atoms with E-state index in [1.54, 1.807) is 20.7 Å². The van der Waals surface area contributed by atoms with Crippen molar-refractivity contribution in [3.8, 4) is 22.3 Å². The lowest BCUT2D eigenvalue weighted by atomic mass is 10.0. The highest BCUT2D eigenvalue weighted by Crippen LogP contribution is 2.36. The SMILES string of the molecule is Cc1ccc2c(c1)[Si]1(c3cc(C)ccc3-2)c2cc(C)ccc2-c2ccc(C)cc21. The molecule has 0 bridgehead atoms. The summed E-state index contributed by atoms with van der Waals surface area (Å²) < 4.78 is 0. The van der Waals surface area contributed by atoms with E-state index < -0.39 is 8.07 Å². The molecule has 0 nitrogen and oxygen atoms in total. The number of fused-ring (bicyclic) bond motifs is 10. The van der Waals surface area contributed by atoms with Crippen LogP contribution < -0.4 is 20.7 Å². The fraction of sp³-hybridized carbons (Fsp3) is 0.143. The summed E-state index contributed by atoms with van der Waals surface area (Å²) in [6.45, 7) is 8.94. The van der Waals surface area contributed by atoms with E-state index in [4.69, 9.17) is 0 Å². The highest BCUT2D eigenvalue weighted by atomic mass is 28.3. The maximum Gasteiger partial charge on any atom is 0.182 e. The van der Waals surface area contributed by atoms with E-state index in [1.165, 1.54) is 44.5 Å². The quantitative estimate of drug-likeness (QED) is 0.341. The lowest BCUT2D eigenvalue weighted by molar-refractivity contribution is 1.48. The van der Waals surface area contributed by atoms with Gasteiger partial charge in [-0.15, -0.1) is 0 Å². The molecule has 2 aliphatic heterocycles. The van der Waals surface area contributed by atoms with Crippen molar-refractivity contribution in [1.29, 1.82) is 0 Å². The third-order valence-electron chi connectivity index (χ3n) is 6.90. The monoisotopic (exact) mass is 388 g/mol. The molecule has 1 heteroatoms. The van der Waals surface area contributed by atoms with Crippen LogP contribution in [0.25, 0.3) is 22.3 Å². The number of hydrogen-bond donors (Lipinski definition) is 0. The molecule has 4 aromatic rings. The maximum atomic E-state index is 2.49. The summed E-state index contributed by atoms with van der Waals surface area (Å²) in [6, 6.07) is 28.5. The van der Waals surface area contributed by atoms with Crippen molar-refractivity contribution < 1.29 is 0 Å². The molecule has 140 valence electrons. The summed E-state index contributed by atoms with van der Waals surface area (Å²) in [5, 5.41) is 6.31. The number of benzene rings is 4. The second-order valence-corrected chi connectivity index (χ2v) is 12.6. The average Bonchev–Trinajstić information content (AvgIpc) is 3.13. The molecule has 0 unspecified atom stereocenters. The summed E-state index contributed by atoms with van der Waals surface area (Å²) in [7, 11) is -2.28. The van der Waals surface area contributed by atoms with E-state index in [1.807, 2.05) is 0 Å². The van der Waals surface area contributed by atoms with E-state index >= 15 is 0 Å². The Hall–Kier alpha value is -2.90. The van der Waals surface area contributed by atoms with Crippen LogP contribution in [0.5, 0.6) is 0 Å². The smallest absolute Gasteiger partial charge is 0.0587 e. The van der Waals surface area contributed by atoms with Gasteiger partial charge in [0.05, 0.1) is 0 Å². The van der Waals surface area contributed by atoms with Gasteiger partial charge < -0.3 is 0 Å². The van der Waals surface area contributed by atoms with Crippen LogP contribution in [0.3, 0.4) is 0 Å². The van der Waals surface area contributed by atoms with Crippen molar-refractivity contribution in [2.24, 2.45) is 0 Å². The molecule has 1 spiro atoms. The van der Waals surface area contributed by atoms with Gasteiger partial charge in [-0.3, -0.25) is 0 Å². The van der Waals surface area contributed by atoms with Gasteiger partial charge in [-0.1, -0.05) is 95.1 Å². The van der Waals surface area contributed by atoms with Crippen molar-refractivity contribution in [3.05, 3.63) is 95.1 Å². The van der Waals surface area contributed by atoms with Crippen LogP contribution in [-0.4, -0.2) is 8.07 Å². The van der Waals surface area contributed by atoms with Gasteiger partial charge in [-0.2, -0.15) is 0 Å². The summed E-state index contributed by atoms with van der Waals surface area (Å²) >= 11 is 0. The van der Waals surface area contributed by atoms with Crippen LogP contribution in [0.4, 0.5) is 0 Å². The molecule has 0 fully saturated rings. The summed E-state index contributed by atoms with van der Waals surface area (Å²) in [4.78, 5) is 0. The van der Waals surface area contributed by atoms with Crippen molar-refractivity contribution in [1.82, 2.24) is 0 Å². The lowest BCUT2D eigenvalue weighted by Gasteiger charge is -2.28. The van der Waals surface area contributed by atoms with Crippen LogP contribution >= 0.6 is 0 Å². The zero-order valence-corrected chi connectivity index (χ0v) is 18.4. The Kier molecular flexibility index (Phi) is 3.27. The molecule has 0 aliphatic carbocycles. The Labute approximate surface area is 173 Å². The van der Waals surface area contributed by atoms with Crippen molar-refractivity contribution in [3.63, 3.8) is 0 Å². The van der Waals surface area contributed by atoms with Gasteiger partial charge in [0.15, 0.2) is 8.07 Å². The highest BCUT2D eigenvalue weighted by molar-refractivity contribution is 7.24. The van der Waals surface area contributed by atoms with Crippen LogP contribution in [0.15, 0.2) is 72.8 Å². The van der Waals surface area contributed by atoms with Gasteiger partial charge >= 0.3 is 0 Å². The first-order valence-corrected chi connectivity index (χ1v) is 12.5.